The van der Waals surface area contributed by atoms with Crippen molar-refractivity contribution in [1.82, 2.24) is 24.5 Å². The number of nitrogens with zero attached hydrogens (tertiary/aromatic N) is 6. The van der Waals surface area contributed by atoms with E-state index in [0.717, 1.165) is 11.3 Å². The van der Waals surface area contributed by atoms with Crippen LogP contribution in [0.1, 0.15) is 11.3 Å². The fraction of sp³-hybridized carbons (Fsp3) is 0.375. The summed E-state index contributed by atoms with van der Waals surface area (Å²) in [6, 6.07) is 0. The van der Waals surface area contributed by atoms with Crippen LogP contribution in [0.3, 0.4) is 0 Å². The van der Waals surface area contributed by atoms with E-state index >= 15 is 0 Å². The molecule has 18 heavy (non-hydrogen) atoms. The zero-order chi connectivity index (χ0) is 13.4. The van der Waals surface area contributed by atoms with E-state index in [0.29, 0.717) is 5.15 Å². The minimum Gasteiger partial charge on any atom is -0.390 e. The van der Waals surface area contributed by atoms with Crippen LogP contribution in [0.15, 0.2) is 4.73 Å². The second kappa shape index (κ2) is 4.65. The van der Waals surface area contributed by atoms with E-state index in [2.05, 4.69) is 31.1 Å². The van der Waals surface area contributed by atoms with Gasteiger partial charge >= 0.3 is 5.95 Å². The van der Waals surface area contributed by atoms with Crippen molar-refractivity contribution in [2.24, 2.45) is 7.05 Å². The average Bonchev–Trinajstić information content (AvgIpc) is 2.76. The van der Waals surface area contributed by atoms with Gasteiger partial charge < -0.3 is 10.1 Å². The Morgan fingerprint density at radius 1 is 1.50 bits per heavy atom. The van der Waals surface area contributed by atoms with Crippen LogP contribution in [0.2, 0.25) is 5.15 Å². The van der Waals surface area contributed by atoms with Crippen molar-refractivity contribution in [3.05, 3.63) is 31.3 Å². The van der Waals surface area contributed by atoms with Crippen molar-refractivity contribution in [1.29, 1.82) is 0 Å². The molecule has 0 N–H and O–H groups in total. The van der Waals surface area contributed by atoms with E-state index in [9.17, 15) is 10.1 Å². The molecule has 2 aromatic rings. The Labute approximate surface area is 115 Å². The standard InChI is InChI=1S/C8H8BrClN6O2/c1-4-5(6(10)14(2)12-4)3-15-7(9)11-8(13-15)16(17)18/h3H2,1-2H3. The molecule has 2 rings (SSSR count). The van der Waals surface area contributed by atoms with Gasteiger partial charge in [-0.3, -0.25) is 4.68 Å². The third-order valence-corrected chi connectivity index (χ3v) is 3.42. The molecular weight excluding hydrogens is 327 g/mol. The van der Waals surface area contributed by atoms with Gasteiger partial charge in [0.15, 0.2) is 0 Å². The Morgan fingerprint density at radius 3 is 2.61 bits per heavy atom. The predicted molar refractivity (Wildman–Crippen MR) is 66.4 cm³/mol. The van der Waals surface area contributed by atoms with Gasteiger partial charge in [0, 0.05) is 33.6 Å². The summed E-state index contributed by atoms with van der Waals surface area (Å²) in [5, 5.41) is 18.9. The van der Waals surface area contributed by atoms with E-state index in [4.69, 9.17) is 11.6 Å². The fourth-order valence-electron chi connectivity index (χ4n) is 1.49. The van der Waals surface area contributed by atoms with Gasteiger partial charge in [-0.1, -0.05) is 11.6 Å². The van der Waals surface area contributed by atoms with Gasteiger partial charge in [-0.25, -0.2) is 0 Å². The van der Waals surface area contributed by atoms with E-state index < -0.39 is 10.9 Å². The number of nitro groups is 1. The fourth-order valence-corrected chi connectivity index (χ4v) is 2.09. The first kappa shape index (κ1) is 13.0. The van der Waals surface area contributed by atoms with Gasteiger partial charge in [-0.2, -0.15) is 9.78 Å². The van der Waals surface area contributed by atoms with Gasteiger partial charge in [-0.15, -0.1) is 0 Å². The SMILES string of the molecule is Cc1nn(C)c(Cl)c1Cn1nc([N+](=O)[O-])nc1Br. The molecule has 2 heterocycles. The summed E-state index contributed by atoms with van der Waals surface area (Å²) in [4.78, 5) is 13.6. The molecule has 0 aliphatic carbocycles. The summed E-state index contributed by atoms with van der Waals surface area (Å²) in [5.41, 5.74) is 1.49. The lowest BCUT2D eigenvalue weighted by atomic mass is 10.3. The average molecular weight is 336 g/mol. The predicted octanol–water partition coefficient (Wildman–Crippen LogP) is 1.69. The Hall–Kier alpha value is -1.48. The molecule has 0 atom stereocenters. The molecule has 0 fully saturated rings. The maximum absolute atomic E-state index is 10.6. The molecule has 0 unspecified atom stereocenters. The smallest absolute Gasteiger partial charge is 0.390 e. The minimum absolute atomic E-state index is 0.264. The molecule has 0 amide bonds. The molecule has 96 valence electrons. The number of halogens is 2. The topological polar surface area (TPSA) is 91.7 Å². The molecule has 0 saturated heterocycles. The van der Waals surface area contributed by atoms with Crippen LogP contribution in [-0.4, -0.2) is 29.5 Å². The number of aromatic nitrogens is 5. The Balaban J connectivity index is 2.37. The normalized spacial score (nSPS) is 10.9. The molecule has 2 aromatic heterocycles. The van der Waals surface area contributed by atoms with E-state index in [-0.39, 0.29) is 11.3 Å². The van der Waals surface area contributed by atoms with Gasteiger partial charge in [0.05, 0.1) is 12.2 Å². The molecule has 0 aromatic carbocycles. The van der Waals surface area contributed by atoms with Crippen molar-refractivity contribution in [2.75, 3.05) is 0 Å². The van der Waals surface area contributed by atoms with Crippen LogP contribution in [0.4, 0.5) is 5.95 Å². The molecule has 0 bridgehead atoms. The van der Waals surface area contributed by atoms with Crippen molar-refractivity contribution < 1.29 is 4.92 Å². The van der Waals surface area contributed by atoms with Gasteiger partial charge in [-0.05, 0) is 16.8 Å². The maximum Gasteiger partial charge on any atom is 0.492 e. The maximum atomic E-state index is 10.6. The molecule has 0 saturated carbocycles. The molecule has 8 nitrogen and oxygen atoms in total. The second-order valence-electron chi connectivity index (χ2n) is 3.57. The zero-order valence-corrected chi connectivity index (χ0v) is 11.8. The van der Waals surface area contributed by atoms with Crippen LogP contribution in [-0.2, 0) is 13.6 Å². The van der Waals surface area contributed by atoms with Gasteiger partial charge in [0.1, 0.15) is 5.15 Å². The summed E-state index contributed by atoms with van der Waals surface area (Å²) < 4.78 is 3.16. The highest BCUT2D eigenvalue weighted by molar-refractivity contribution is 9.10. The lowest BCUT2D eigenvalue weighted by Crippen LogP contribution is -2.04. The lowest BCUT2D eigenvalue weighted by Gasteiger charge is -1.98. The molecular formula is C8H8BrClN6O2. The molecule has 0 spiro atoms. The number of rotatable bonds is 3. The van der Waals surface area contributed by atoms with Crippen LogP contribution in [0, 0.1) is 17.0 Å². The van der Waals surface area contributed by atoms with E-state index in [1.807, 2.05) is 0 Å². The monoisotopic (exact) mass is 334 g/mol. The highest BCUT2D eigenvalue weighted by atomic mass is 79.9. The summed E-state index contributed by atoms with van der Waals surface area (Å²) >= 11 is 9.19. The highest BCUT2D eigenvalue weighted by Gasteiger charge is 2.22. The van der Waals surface area contributed by atoms with Crippen LogP contribution in [0.5, 0.6) is 0 Å². The van der Waals surface area contributed by atoms with E-state index in [1.165, 1.54) is 9.36 Å². The summed E-state index contributed by atoms with van der Waals surface area (Å²) in [6.07, 6.45) is 0. The summed E-state index contributed by atoms with van der Waals surface area (Å²) in [6.45, 7) is 2.07. The van der Waals surface area contributed by atoms with Crippen LogP contribution >= 0.6 is 27.5 Å². The van der Waals surface area contributed by atoms with E-state index in [1.54, 1.807) is 14.0 Å². The first-order chi connectivity index (χ1) is 8.40. The molecule has 10 heteroatoms. The van der Waals surface area contributed by atoms with Crippen LogP contribution < -0.4 is 0 Å². The molecule has 0 aliphatic rings. The van der Waals surface area contributed by atoms with Crippen molar-refractivity contribution in [3.8, 4) is 0 Å². The minimum atomic E-state index is -0.654. The Bertz CT molecular complexity index is 621. The van der Waals surface area contributed by atoms with Gasteiger partial charge in [0.25, 0.3) is 4.73 Å². The zero-order valence-electron chi connectivity index (χ0n) is 9.46. The Kier molecular flexibility index (Phi) is 3.35. The van der Waals surface area contributed by atoms with Crippen LogP contribution in [0.25, 0.3) is 0 Å². The Morgan fingerprint density at radius 2 is 2.17 bits per heavy atom. The molecule has 0 radical (unpaired) electrons. The quantitative estimate of drug-likeness (QED) is 0.629. The number of aryl methyl sites for hydroxylation is 2. The van der Waals surface area contributed by atoms with Crippen molar-refractivity contribution in [2.45, 2.75) is 13.5 Å². The second-order valence-corrected chi connectivity index (χ2v) is 4.64. The summed E-state index contributed by atoms with van der Waals surface area (Å²) in [5.74, 6) is -0.459. The first-order valence-electron chi connectivity index (χ1n) is 4.83. The third-order valence-electron chi connectivity index (χ3n) is 2.36. The number of hydrogen-bond acceptors (Lipinski definition) is 5. The third kappa shape index (κ3) is 2.23. The summed E-state index contributed by atoms with van der Waals surface area (Å²) in [7, 11) is 1.72. The first-order valence-corrected chi connectivity index (χ1v) is 6.00. The highest BCUT2D eigenvalue weighted by Crippen LogP contribution is 2.21. The lowest BCUT2D eigenvalue weighted by molar-refractivity contribution is -0.394. The molecule has 0 aliphatic heterocycles. The van der Waals surface area contributed by atoms with Crippen molar-refractivity contribution in [3.63, 3.8) is 0 Å². The largest absolute Gasteiger partial charge is 0.492 e. The van der Waals surface area contributed by atoms with Gasteiger partial charge in [0.2, 0.25) is 0 Å². The van der Waals surface area contributed by atoms with Crippen molar-refractivity contribution >= 4 is 33.5 Å². The number of hydrogen-bond donors (Lipinski definition) is 0.